The van der Waals surface area contributed by atoms with Crippen LogP contribution in [0.3, 0.4) is 0 Å². The molecule has 0 saturated heterocycles. The molecule has 0 radical (unpaired) electrons. The molecule has 0 spiro atoms. The lowest BCUT2D eigenvalue weighted by Crippen LogP contribution is -2.46. The van der Waals surface area contributed by atoms with E-state index in [2.05, 4.69) is 12.3 Å². The monoisotopic (exact) mass is 282 g/mol. The van der Waals surface area contributed by atoms with Crippen LogP contribution in [0.2, 0.25) is 0 Å². The molecule has 0 bridgehead atoms. The predicted molar refractivity (Wildman–Crippen MR) is 76.9 cm³/mol. The molecule has 1 aliphatic rings. The maximum Gasteiger partial charge on any atom is 0.162 e. The quantitative estimate of drug-likeness (QED) is 0.640. The van der Waals surface area contributed by atoms with Crippen LogP contribution >= 0.6 is 0 Å². The Labute approximate surface area is 119 Å². The highest BCUT2D eigenvalue weighted by atomic mass is 19.2. The molecular formula is C16H24F2N2. The summed E-state index contributed by atoms with van der Waals surface area (Å²) >= 11 is 0. The number of nitrogens with one attached hydrogen (secondary N) is 1. The lowest BCUT2D eigenvalue weighted by molar-refractivity contribution is 0.174. The van der Waals surface area contributed by atoms with Crippen molar-refractivity contribution in [1.82, 2.24) is 5.43 Å². The van der Waals surface area contributed by atoms with Gasteiger partial charge >= 0.3 is 0 Å². The number of halogens is 2. The molecule has 0 aromatic heterocycles. The summed E-state index contributed by atoms with van der Waals surface area (Å²) in [5.41, 5.74) is 3.25. The van der Waals surface area contributed by atoms with E-state index in [1.807, 2.05) is 0 Å². The topological polar surface area (TPSA) is 38.0 Å². The normalized spacial score (nSPS) is 24.6. The zero-order valence-electron chi connectivity index (χ0n) is 12.0. The van der Waals surface area contributed by atoms with Gasteiger partial charge in [0.1, 0.15) is 0 Å². The van der Waals surface area contributed by atoms with Crippen molar-refractivity contribution in [1.29, 1.82) is 0 Å². The van der Waals surface area contributed by atoms with E-state index in [0.717, 1.165) is 18.9 Å². The molecule has 3 unspecified atom stereocenters. The zero-order valence-corrected chi connectivity index (χ0v) is 12.0. The minimum atomic E-state index is -0.783. The van der Waals surface area contributed by atoms with Crippen molar-refractivity contribution in [2.75, 3.05) is 0 Å². The summed E-state index contributed by atoms with van der Waals surface area (Å²) in [6, 6.07) is 4.36. The summed E-state index contributed by atoms with van der Waals surface area (Å²) in [5.74, 6) is 5.24. The molecule has 112 valence electrons. The smallest absolute Gasteiger partial charge is 0.162 e. The van der Waals surface area contributed by atoms with Crippen LogP contribution in [0.5, 0.6) is 0 Å². The molecule has 0 amide bonds. The highest BCUT2D eigenvalue weighted by molar-refractivity contribution is 5.20. The van der Waals surface area contributed by atoms with Gasteiger partial charge in [-0.2, -0.15) is 0 Å². The Hall–Kier alpha value is -1.00. The van der Waals surface area contributed by atoms with Crippen LogP contribution in [0.15, 0.2) is 18.2 Å². The molecule has 0 heterocycles. The molecule has 1 saturated carbocycles. The average molecular weight is 282 g/mol. The van der Waals surface area contributed by atoms with Gasteiger partial charge in [-0.1, -0.05) is 44.7 Å². The van der Waals surface area contributed by atoms with E-state index in [9.17, 15) is 8.78 Å². The predicted octanol–water partition coefficient (Wildman–Crippen LogP) is 3.56. The molecule has 3 atom stereocenters. The van der Waals surface area contributed by atoms with Crippen LogP contribution in [0.25, 0.3) is 0 Å². The van der Waals surface area contributed by atoms with Crippen molar-refractivity contribution in [3.8, 4) is 0 Å². The molecule has 4 heteroatoms. The van der Waals surface area contributed by atoms with Crippen molar-refractivity contribution in [2.24, 2.45) is 17.7 Å². The second-order valence-corrected chi connectivity index (χ2v) is 5.81. The maximum absolute atomic E-state index is 13.8. The lowest BCUT2D eigenvalue weighted by Gasteiger charge is -2.36. The fourth-order valence-corrected chi connectivity index (χ4v) is 3.55. The Balaban J connectivity index is 2.13. The number of rotatable bonds is 5. The molecule has 0 aliphatic heterocycles. The van der Waals surface area contributed by atoms with Gasteiger partial charge < -0.3 is 0 Å². The van der Waals surface area contributed by atoms with Gasteiger partial charge in [0.2, 0.25) is 0 Å². The van der Waals surface area contributed by atoms with Crippen LogP contribution in [-0.2, 0) is 6.42 Å². The van der Waals surface area contributed by atoms with E-state index in [4.69, 9.17) is 5.84 Å². The summed E-state index contributed by atoms with van der Waals surface area (Å²) in [5, 5.41) is 0. The summed E-state index contributed by atoms with van der Waals surface area (Å²) in [4.78, 5) is 0. The standard InChI is InChI=1S/C16H24F2N2/c1-2-11-6-3-4-8-13(11)15(20-19)10-12-7-5-9-14(17)16(12)18/h5,7,9,11,13,15,20H,2-4,6,8,10,19H2,1H3. The molecule has 2 rings (SSSR count). The van der Waals surface area contributed by atoms with Gasteiger partial charge in [0.25, 0.3) is 0 Å². The van der Waals surface area contributed by atoms with Gasteiger partial charge in [-0.15, -0.1) is 0 Å². The van der Waals surface area contributed by atoms with E-state index < -0.39 is 11.6 Å². The average Bonchev–Trinajstić information content (AvgIpc) is 2.49. The number of hydrogen-bond acceptors (Lipinski definition) is 2. The van der Waals surface area contributed by atoms with Crippen LogP contribution in [-0.4, -0.2) is 6.04 Å². The fourth-order valence-electron chi connectivity index (χ4n) is 3.55. The van der Waals surface area contributed by atoms with Gasteiger partial charge in [-0.3, -0.25) is 11.3 Å². The molecule has 2 nitrogen and oxygen atoms in total. The van der Waals surface area contributed by atoms with E-state index in [-0.39, 0.29) is 6.04 Å². The first-order chi connectivity index (χ1) is 9.67. The van der Waals surface area contributed by atoms with Gasteiger partial charge in [-0.25, -0.2) is 8.78 Å². The third-order valence-corrected chi connectivity index (χ3v) is 4.69. The first-order valence-corrected chi connectivity index (χ1v) is 7.56. The maximum atomic E-state index is 13.8. The minimum Gasteiger partial charge on any atom is -0.271 e. The minimum absolute atomic E-state index is 0.0107. The summed E-state index contributed by atoms with van der Waals surface area (Å²) < 4.78 is 27.1. The first-order valence-electron chi connectivity index (χ1n) is 7.56. The Morgan fingerprint density at radius 2 is 2.05 bits per heavy atom. The summed E-state index contributed by atoms with van der Waals surface area (Å²) in [6.45, 7) is 2.19. The zero-order chi connectivity index (χ0) is 14.5. The third kappa shape index (κ3) is 3.36. The number of nitrogens with two attached hydrogens (primary N) is 1. The molecule has 20 heavy (non-hydrogen) atoms. The molecule has 1 aromatic rings. The van der Waals surface area contributed by atoms with Gasteiger partial charge in [0, 0.05) is 6.04 Å². The highest BCUT2D eigenvalue weighted by Crippen LogP contribution is 2.35. The SMILES string of the molecule is CCC1CCCCC1C(Cc1cccc(F)c1F)NN. The van der Waals surface area contributed by atoms with Gasteiger partial charge in [0.15, 0.2) is 11.6 Å². The summed E-state index contributed by atoms with van der Waals surface area (Å²) in [6.07, 6.45) is 6.36. The Bertz CT molecular complexity index is 436. The van der Waals surface area contributed by atoms with E-state index >= 15 is 0 Å². The van der Waals surface area contributed by atoms with Crippen molar-refractivity contribution in [3.63, 3.8) is 0 Å². The van der Waals surface area contributed by atoms with Crippen LogP contribution in [0, 0.1) is 23.5 Å². The van der Waals surface area contributed by atoms with E-state index in [1.165, 1.54) is 19.3 Å². The Morgan fingerprint density at radius 1 is 1.30 bits per heavy atom. The fraction of sp³-hybridized carbons (Fsp3) is 0.625. The van der Waals surface area contributed by atoms with Crippen LogP contribution < -0.4 is 11.3 Å². The Morgan fingerprint density at radius 3 is 2.75 bits per heavy atom. The largest absolute Gasteiger partial charge is 0.271 e. The van der Waals surface area contributed by atoms with Crippen molar-refractivity contribution in [3.05, 3.63) is 35.4 Å². The molecule has 1 aromatic carbocycles. The second-order valence-electron chi connectivity index (χ2n) is 5.81. The van der Waals surface area contributed by atoms with Crippen molar-refractivity contribution < 1.29 is 8.78 Å². The molecular weight excluding hydrogens is 258 g/mol. The highest BCUT2D eigenvalue weighted by Gasteiger charge is 2.30. The van der Waals surface area contributed by atoms with Crippen molar-refractivity contribution >= 4 is 0 Å². The third-order valence-electron chi connectivity index (χ3n) is 4.69. The van der Waals surface area contributed by atoms with Gasteiger partial charge in [-0.05, 0) is 36.3 Å². The van der Waals surface area contributed by atoms with Crippen molar-refractivity contribution in [2.45, 2.75) is 51.5 Å². The number of hydrazine groups is 1. The van der Waals surface area contributed by atoms with Crippen LogP contribution in [0.4, 0.5) is 8.78 Å². The van der Waals surface area contributed by atoms with Gasteiger partial charge in [0.05, 0.1) is 0 Å². The molecule has 1 fully saturated rings. The lowest BCUT2D eigenvalue weighted by atomic mass is 9.73. The number of benzene rings is 1. The van der Waals surface area contributed by atoms with E-state index in [1.54, 1.807) is 12.1 Å². The molecule has 3 N–H and O–H groups in total. The van der Waals surface area contributed by atoms with E-state index in [0.29, 0.717) is 23.8 Å². The summed E-state index contributed by atoms with van der Waals surface area (Å²) in [7, 11) is 0. The van der Waals surface area contributed by atoms with Crippen LogP contribution in [0.1, 0.15) is 44.6 Å². The first kappa shape index (κ1) is 15.4. The number of hydrogen-bond donors (Lipinski definition) is 2. The molecule has 1 aliphatic carbocycles. The second kappa shape index (κ2) is 7.14. The Kier molecular flexibility index (Phi) is 5.49.